The van der Waals surface area contributed by atoms with E-state index in [1.807, 2.05) is 37.3 Å². The highest BCUT2D eigenvalue weighted by molar-refractivity contribution is 7.91. The quantitative estimate of drug-likeness (QED) is 0.514. The van der Waals surface area contributed by atoms with Crippen LogP contribution in [0.2, 0.25) is 0 Å². The van der Waals surface area contributed by atoms with Gasteiger partial charge >= 0.3 is 0 Å². The van der Waals surface area contributed by atoms with Crippen molar-refractivity contribution in [3.8, 4) is 5.75 Å². The zero-order valence-electron chi connectivity index (χ0n) is 18.5. The Hall–Kier alpha value is -3.32. The van der Waals surface area contributed by atoms with Crippen LogP contribution in [0.15, 0.2) is 76.5 Å². The third-order valence-electron chi connectivity index (χ3n) is 5.04. The molecule has 0 fully saturated rings. The van der Waals surface area contributed by atoms with Gasteiger partial charge in [-0.3, -0.25) is 4.79 Å². The number of hydrogen-bond acceptors (Lipinski definition) is 5. The van der Waals surface area contributed by atoms with Crippen LogP contribution >= 0.6 is 0 Å². The normalized spacial score (nSPS) is 11.1. The molecule has 0 heterocycles. The van der Waals surface area contributed by atoms with Crippen LogP contribution in [-0.2, 0) is 21.1 Å². The number of rotatable bonds is 9. The number of ether oxygens (including phenoxy) is 1. The lowest BCUT2D eigenvalue weighted by atomic mass is 10.1. The number of sulfone groups is 1. The summed E-state index contributed by atoms with van der Waals surface area (Å²) in [5.41, 5.74) is 3.31. The Bertz CT molecular complexity index is 1170. The lowest BCUT2D eigenvalue weighted by Gasteiger charge is -2.17. The first-order valence-corrected chi connectivity index (χ1v) is 11.8. The van der Waals surface area contributed by atoms with E-state index in [-0.39, 0.29) is 28.0 Å². The molecule has 32 heavy (non-hydrogen) atoms. The summed E-state index contributed by atoms with van der Waals surface area (Å²) in [7, 11) is -2.37. The van der Waals surface area contributed by atoms with Crippen LogP contribution in [0.3, 0.4) is 0 Å². The number of nitrogens with one attached hydrogen (secondary N) is 2. The average Bonchev–Trinajstić information content (AvgIpc) is 2.78. The van der Waals surface area contributed by atoms with E-state index in [2.05, 4.69) is 10.6 Å². The fraction of sp³-hybridized carbons (Fsp3) is 0.240. The molecule has 2 N–H and O–H groups in total. The first kappa shape index (κ1) is 23.3. The Kier molecular flexibility index (Phi) is 7.53. The summed E-state index contributed by atoms with van der Waals surface area (Å²) in [6, 6.07) is 19.9. The molecule has 0 saturated carbocycles. The molecular weight excluding hydrogens is 424 g/mol. The van der Waals surface area contributed by atoms with Crippen LogP contribution in [0.5, 0.6) is 5.75 Å². The van der Waals surface area contributed by atoms with Crippen molar-refractivity contribution >= 4 is 21.4 Å². The van der Waals surface area contributed by atoms with E-state index in [4.69, 9.17) is 4.74 Å². The van der Waals surface area contributed by atoms with E-state index < -0.39 is 9.84 Å². The predicted molar refractivity (Wildman–Crippen MR) is 126 cm³/mol. The molecule has 3 aromatic carbocycles. The maximum Gasteiger partial charge on any atom is 0.239 e. The van der Waals surface area contributed by atoms with E-state index in [0.717, 1.165) is 23.1 Å². The first-order valence-electron chi connectivity index (χ1n) is 10.4. The molecule has 168 valence electrons. The first-order chi connectivity index (χ1) is 15.3. The minimum atomic E-state index is -3.79. The van der Waals surface area contributed by atoms with E-state index >= 15 is 0 Å². The molecule has 0 aliphatic rings. The molecule has 0 radical (unpaired) electrons. The number of aryl methyl sites for hydroxylation is 2. The van der Waals surface area contributed by atoms with Gasteiger partial charge in [-0.1, -0.05) is 48.0 Å². The van der Waals surface area contributed by atoms with Gasteiger partial charge in [-0.2, -0.15) is 0 Å². The van der Waals surface area contributed by atoms with Crippen LogP contribution in [0.1, 0.15) is 16.7 Å². The Morgan fingerprint density at radius 3 is 2.28 bits per heavy atom. The summed E-state index contributed by atoms with van der Waals surface area (Å²) in [5.74, 6) is 0.000641. The minimum Gasteiger partial charge on any atom is -0.493 e. The lowest BCUT2D eigenvalue weighted by Crippen LogP contribution is -2.31. The number of amides is 1. The number of hydrogen-bond donors (Lipinski definition) is 2. The maximum atomic E-state index is 13.3. The van der Waals surface area contributed by atoms with Gasteiger partial charge in [-0.05, 0) is 55.7 Å². The van der Waals surface area contributed by atoms with Crippen molar-refractivity contribution in [2.75, 3.05) is 25.5 Å². The summed E-state index contributed by atoms with van der Waals surface area (Å²) >= 11 is 0. The van der Waals surface area contributed by atoms with Crippen molar-refractivity contribution in [2.24, 2.45) is 0 Å². The molecular formula is C25H28N2O4S. The number of benzene rings is 3. The molecule has 7 heteroatoms. The molecule has 0 aliphatic heterocycles. The van der Waals surface area contributed by atoms with Gasteiger partial charge in [0.05, 0.1) is 24.2 Å². The summed E-state index contributed by atoms with van der Waals surface area (Å²) in [4.78, 5) is 12.6. The molecule has 0 spiro atoms. The van der Waals surface area contributed by atoms with Gasteiger partial charge in [0.25, 0.3) is 0 Å². The van der Waals surface area contributed by atoms with E-state index in [1.54, 1.807) is 43.3 Å². The molecule has 3 aromatic rings. The largest absolute Gasteiger partial charge is 0.493 e. The fourth-order valence-corrected chi connectivity index (χ4v) is 4.88. The smallest absolute Gasteiger partial charge is 0.239 e. The minimum absolute atomic E-state index is 0.00137. The standard InChI is InChI=1S/C25H28N2O4S/c1-18-9-11-21(12-10-18)32(29,30)23-16-19(2)15-22(25(23)31-3)27-17-24(28)26-14-13-20-7-5-4-6-8-20/h4-12,15-16,27H,13-14,17H2,1-3H3,(H,26,28). The molecule has 0 unspecified atom stereocenters. The zero-order valence-corrected chi connectivity index (χ0v) is 19.3. The second-order valence-corrected chi connectivity index (χ2v) is 9.52. The molecule has 0 saturated heterocycles. The second-order valence-electron chi connectivity index (χ2n) is 7.60. The molecule has 0 bridgehead atoms. The molecule has 6 nitrogen and oxygen atoms in total. The maximum absolute atomic E-state index is 13.3. The fourth-order valence-electron chi connectivity index (χ4n) is 3.35. The van der Waals surface area contributed by atoms with E-state index in [9.17, 15) is 13.2 Å². The molecule has 0 aliphatic carbocycles. The van der Waals surface area contributed by atoms with Crippen molar-refractivity contribution in [1.82, 2.24) is 5.32 Å². The van der Waals surface area contributed by atoms with Gasteiger partial charge in [0.1, 0.15) is 4.90 Å². The summed E-state index contributed by atoms with van der Waals surface area (Å²) in [6.45, 7) is 4.22. The van der Waals surface area contributed by atoms with E-state index in [0.29, 0.717) is 12.2 Å². The van der Waals surface area contributed by atoms with Gasteiger partial charge < -0.3 is 15.4 Å². The Morgan fingerprint density at radius 1 is 0.938 bits per heavy atom. The Labute approximate surface area is 189 Å². The van der Waals surface area contributed by atoms with Gasteiger partial charge in [0.15, 0.2) is 5.75 Å². The summed E-state index contributed by atoms with van der Waals surface area (Å²) in [5, 5.41) is 5.89. The second kappa shape index (κ2) is 10.3. The van der Waals surface area contributed by atoms with Crippen LogP contribution in [0.25, 0.3) is 0 Å². The highest BCUT2D eigenvalue weighted by atomic mass is 32.2. The van der Waals surface area contributed by atoms with Crippen LogP contribution in [0, 0.1) is 13.8 Å². The SMILES string of the molecule is COc1c(NCC(=O)NCCc2ccccc2)cc(C)cc1S(=O)(=O)c1ccc(C)cc1. The highest BCUT2D eigenvalue weighted by Gasteiger charge is 2.25. The average molecular weight is 453 g/mol. The van der Waals surface area contributed by atoms with Crippen LogP contribution in [0.4, 0.5) is 5.69 Å². The number of carbonyl (C=O) groups is 1. The van der Waals surface area contributed by atoms with Gasteiger partial charge in [-0.15, -0.1) is 0 Å². The Balaban J connectivity index is 1.74. The lowest BCUT2D eigenvalue weighted by molar-refractivity contribution is -0.119. The number of anilines is 1. The zero-order chi connectivity index (χ0) is 23.1. The predicted octanol–water partition coefficient (Wildman–Crippen LogP) is 3.92. The van der Waals surface area contributed by atoms with Crippen LogP contribution < -0.4 is 15.4 Å². The highest BCUT2D eigenvalue weighted by Crippen LogP contribution is 2.36. The molecule has 0 atom stereocenters. The molecule has 3 rings (SSSR count). The van der Waals surface area contributed by atoms with Gasteiger partial charge in [0, 0.05) is 6.54 Å². The van der Waals surface area contributed by atoms with Gasteiger partial charge in [0.2, 0.25) is 15.7 Å². The topological polar surface area (TPSA) is 84.5 Å². The molecule has 0 aromatic heterocycles. The van der Waals surface area contributed by atoms with Crippen molar-refractivity contribution in [3.05, 3.63) is 83.4 Å². The monoisotopic (exact) mass is 452 g/mol. The Morgan fingerprint density at radius 2 is 1.62 bits per heavy atom. The van der Waals surface area contributed by atoms with Crippen molar-refractivity contribution < 1.29 is 17.9 Å². The van der Waals surface area contributed by atoms with Crippen molar-refractivity contribution in [3.63, 3.8) is 0 Å². The summed E-state index contributed by atoms with van der Waals surface area (Å²) in [6.07, 6.45) is 0.735. The molecule has 1 amide bonds. The number of carbonyl (C=O) groups excluding carboxylic acids is 1. The number of methoxy groups -OCH3 is 1. The van der Waals surface area contributed by atoms with Crippen molar-refractivity contribution in [2.45, 2.75) is 30.1 Å². The van der Waals surface area contributed by atoms with Gasteiger partial charge in [-0.25, -0.2) is 8.42 Å². The third kappa shape index (κ3) is 5.68. The van der Waals surface area contributed by atoms with Crippen molar-refractivity contribution in [1.29, 1.82) is 0 Å². The van der Waals surface area contributed by atoms with Crippen LogP contribution in [-0.4, -0.2) is 34.5 Å². The third-order valence-corrected chi connectivity index (χ3v) is 6.82. The summed E-state index contributed by atoms with van der Waals surface area (Å²) < 4.78 is 32.0. The van der Waals surface area contributed by atoms with E-state index in [1.165, 1.54) is 7.11 Å².